The molecule has 2 aromatic rings. The molecule has 0 bridgehead atoms. The van der Waals surface area contributed by atoms with Crippen molar-refractivity contribution in [2.75, 3.05) is 12.4 Å². The molecule has 19 heavy (non-hydrogen) atoms. The molecular weight excluding hydrogens is 396 g/mol. The van der Waals surface area contributed by atoms with Crippen molar-refractivity contribution >= 4 is 51.6 Å². The van der Waals surface area contributed by atoms with Gasteiger partial charge in [0.25, 0.3) is 0 Å². The van der Waals surface area contributed by atoms with Crippen molar-refractivity contribution in [2.24, 2.45) is 0 Å². The van der Waals surface area contributed by atoms with E-state index in [1.54, 1.807) is 18.2 Å². The van der Waals surface area contributed by atoms with Crippen molar-refractivity contribution < 1.29 is 0 Å². The van der Waals surface area contributed by atoms with Crippen molar-refractivity contribution in [2.45, 2.75) is 13.3 Å². The summed E-state index contributed by atoms with van der Waals surface area (Å²) in [5.74, 6) is 1.34. The van der Waals surface area contributed by atoms with Gasteiger partial charge in [0.15, 0.2) is 5.82 Å². The highest BCUT2D eigenvalue weighted by Crippen LogP contribution is 2.34. The van der Waals surface area contributed by atoms with E-state index in [2.05, 4.69) is 44.8 Å². The molecule has 0 aliphatic rings. The maximum atomic E-state index is 6.21. The minimum Gasteiger partial charge on any atom is -0.372 e. The van der Waals surface area contributed by atoms with Crippen LogP contribution in [0.1, 0.15) is 12.6 Å². The number of nitrogens with zero attached hydrogens (tertiary/aromatic N) is 2. The Morgan fingerprint density at radius 1 is 1.21 bits per heavy atom. The summed E-state index contributed by atoms with van der Waals surface area (Å²) in [5.41, 5.74) is 1.65. The Balaban J connectivity index is 2.69. The average molecular weight is 408 g/mol. The van der Waals surface area contributed by atoms with Gasteiger partial charge in [-0.3, -0.25) is 0 Å². The average Bonchev–Trinajstić information content (AvgIpc) is 2.40. The Labute approximate surface area is 135 Å². The van der Waals surface area contributed by atoms with Crippen LogP contribution in [0.25, 0.3) is 11.4 Å². The van der Waals surface area contributed by atoms with Gasteiger partial charge in [-0.2, -0.15) is 0 Å². The van der Waals surface area contributed by atoms with E-state index in [9.17, 15) is 0 Å². The van der Waals surface area contributed by atoms with Crippen molar-refractivity contribution in [1.29, 1.82) is 0 Å². The van der Waals surface area contributed by atoms with Gasteiger partial charge < -0.3 is 5.32 Å². The smallest absolute Gasteiger partial charge is 0.164 e. The second-order valence-electron chi connectivity index (χ2n) is 3.86. The fraction of sp³-hybridized carbons (Fsp3) is 0.231. The van der Waals surface area contributed by atoms with Gasteiger partial charge in [0, 0.05) is 7.05 Å². The maximum Gasteiger partial charge on any atom is 0.164 e. The van der Waals surface area contributed by atoms with E-state index in [-0.39, 0.29) is 0 Å². The van der Waals surface area contributed by atoms with Gasteiger partial charge in [0.1, 0.15) is 5.82 Å². The Hall–Kier alpha value is -0.590. The molecule has 0 unspecified atom stereocenters. The highest BCUT2D eigenvalue weighted by atomic mass is 127. The molecule has 3 nitrogen and oxygen atoms in total. The second kappa shape index (κ2) is 6.24. The van der Waals surface area contributed by atoms with Crippen LogP contribution in [0, 0.1) is 3.57 Å². The Morgan fingerprint density at radius 3 is 2.37 bits per heavy atom. The van der Waals surface area contributed by atoms with Gasteiger partial charge in [-0.15, -0.1) is 0 Å². The molecule has 100 valence electrons. The van der Waals surface area contributed by atoms with Crippen molar-refractivity contribution in [3.05, 3.63) is 37.5 Å². The summed E-state index contributed by atoms with van der Waals surface area (Å²) in [5, 5.41) is 4.18. The first-order chi connectivity index (χ1) is 9.08. The summed E-state index contributed by atoms with van der Waals surface area (Å²) in [7, 11) is 1.84. The molecule has 0 atom stereocenters. The van der Waals surface area contributed by atoms with E-state index in [0.29, 0.717) is 21.4 Å². The topological polar surface area (TPSA) is 37.8 Å². The van der Waals surface area contributed by atoms with Crippen LogP contribution < -0.4 is 5.32 Å². The summed E-state index contributed by atoms with van der Waals surface area (Å²) >= 11 is 14.7. The van der Waals surface area contributed by atoms with E-state index in [1.807, 2.05) is 7.05 Å². The number of rotatable bonds is 3. The third-order valence-corrected chi connectivity index (χ3v) is 4.44. The molecule has 2 rings (SSSR count). The Morgan fingerprint density at radius 2 is 1.84 bits per heavy atom. The van der Waals surface area contributed by atoms with Crippen LogP contribution in [0.5, 0.6) is 0 Å². The minimum atomic E-state index is 0.553. The number of nitrogens with one attached hydrogen (secondary N) is 1. The van der Waals surface area contributed by atoms with Crippen molar-refractivity contribution in [3.8, 4) is 11.4 Å². The summed E-state index contributed by atoms with van der Waals surface area (Å²) in [6.07, 6.45) is 0.824. The SMILES string of the molecule is CCc1nc(-c2c(Cl)cccc2Cl)nc(NC)c1I. The summed E-state index contributed by atoms with van der Waals surface area (Å²) in [6, 6.07) is 5.38. The van der Waals surface area contributed by atoms with Gasteiger partial charge in [-0.1, -0.05) is 36.2 Å². The molecule has 0 aliphatic heterocycles. The molecule has 0 spiro atoms. The molecule has 1 aromatic heterocycles. The monoisotopic (exact) mass is 407 g/mol. The van der Waals surface area contributed by atoms with Crippen LogP contribution in [0.2, 0.25) is 10.0 Å². The van der Waals surface area contributed by atoms with Gasteiger partial charge in [-0.25, -0.2) is 9.97 Å². The van der Waals surface area contributed by atoms with Gasteiger partial charge in [-0.05, 0) is 41.1 Å². The standard InChI is InChI=1S/C13H12Cl2IN3/c1-3-9-11(16)13(17-2)19-12(18-9)10-7(14)5-4-6-8(10)15/h4-6H,3H2,1-2H3,(H,17,18,19). The molecule has 0 aliphatic carbocycles. The normalized spacial score (nSPS) is 10.6. The molecule has 1 aromatic carbocycles. The first kappa shape index (κ1) is 14.8. The number of anilines is 1. The zero-order chi connectivity index (χ0) is 14.0. The van der Waals surface area contributed by atoms with Gasteiger partial charge in [0.05, 0.1) is 24.9 Å². The fourth-order valence-corrected chi connectivity index (χ4v) is 3.18. The number of hydrogen-bond acceptors (Lipinski definition) is 3. The van der Waals surface area contributed by atoms with Crippen LogP contribution in [-0.4, -0.2) is 17.0 Å². The van der Waals surface area contributed by atoms with Gasteiger partial charge in [0.2, 0.25) is 0 Å². The predicted molar refractivity (Wildman–Crippen MR) is 89.1 cm³/mol. The van der Waals surface area contributed by atoms with E-state index < -0.39 is 0 Å². The molecule has 0 amide bonds. The quantitative estimate of drug-likeness (QED) is 0.752. The predicted octanol–water partition coefficient (Wildman–Crippen LogP) is 4.66. The zero-order valence-electron chi connectivity index (χ0n) is 10.5. The highest BCUT2D eigenvalue weighted by Gasteiger charge is 2.15. The highest BCUT2D eigenvalue weighted by molar-refractivity contribution is 14.1. The zero-order valence-corrected chi connectivity index (χ0v) is 14.1. The number of aromatic nitrogens is 2. The molecule has 1 N–H and O–H groups in total. The first-order valence-electron chi connectivity index (χ1n) is 5.77. The van der Waals surface area contributed by atoms with Crippen molar-refractivity contribution in [3.63, 3.8) is 0 Å². The lowest BCUT2D eigenvalue weighted by molar-refractivity contribution is 0.990. The van der Waals surface area contributed by atoms with Gasteiger partial charge >= 0.3 is 0 Å². The Bertz CT molecular complexity index is 572. The van der Waals surface area contributed by atoms with Crippen LogP contribution in [0.15, 0.2) is 18.2 Å². The molecular formula is C13H12Cl2IN3. The Kier molecular flexibility index (Phi) is 4.86. The third kappa shape index (κ3) is 2.95. The summed E-state index contributed by atoms with van der Waals surface area (Å²) in [6.45, 7) is 2.06. The number of hydrogen-bond donors (Lipinski definition) is 1. The summed E-state index contributed by atoms with van der Waals surface area (Å²) in [4.78, 5) is 9.06. The first-order valence-corrected chi connectivity index (χ1v) is 7.60. The largest absolute Gasteiger partial charge is 0.372 e. The number of aryl methyl sites for hydroxylation is 1. The summed E-state index contributed by atoms with van der Waals surface area (Å²) < 4.78 is 1.02. The van der Waals surface area contributed by atoms with Crippen molar-refractivity contribution in [1.82, 2.24) is 9.97 Å². The van der Waals surface area contributed by atoms with Crippen LogP contribution in [-0.2, 0) is 6.42 Å². The van der Waals surface area contributed by atoms with E-state index in [0.717, 1.165) is 21.5 Å². The van der Waals surface area contributed by atoms with E-state index >= 15 is 0 Å². The molecule has 0 saturated heterocycles. The lowest BCUT2D eigenvalue weighted by atomic mass is 10.2. The maximum absolute atomic E-state index is 6.21. The van der Waals surface area contributed by atoms with Crippen LogP contribution >= 0.6 is 45.8 Å². The number of halogens is 3. The molecule has 6 heteroatoms. The van der Waals surface area contributed by atoms with E-state index in [4.69, 9.17) is 23.2 Å². The van der Waals surface area contributed by atoms with Crippen LogP contribution in [0.3, 0.4) is 0 Å². The third-order valence-electron chi connectivity index (χ3n) is 2.68. The van der Waals surface area contributed by atoms with E-state index in [1.165, 1.54) is 0 Å². The lowest BCUT2D eigenvalue weighted by Gasteiger charge is -2.11. The number of benzene rings is 1. The fourth-order valence-electron chi connectivity index (χ4n) is 1.72. The van der Waals surface area contributed by atoms with Crippen LogP contribution in [0.4, 0.5) is 5.82 Å². The lowest BCUT2D eigenvalue weighted by Crippen LogP contribution is -2.05. The molecule has 0 radical (unpaired) electrons. The molecule has 0 fully saturated rings. The second-order valence-corrected chi connectivity index (χ2v) is 5.75. The molecule has 0 saturated carbocycles. The minimum absolute atomic E-state index is 0.553. The molecule has 1 heterocycles.